The van der Waals surface area contributed by atoms with Gasteiger partial charge in [0.05, 0.1) is 5.60 Å². The first kappa shape index (κ1) is 16.6. The highest BCUT2D eigenvalue weighted by Gasteiger charge is 2.36. The van der Waals surface area contributed by atoms with Crippen LogP contribution in [-0.4, -0.2) is 53.4 Å². The summed E-state index contributed by atoms with van der Waals surface area (Å²) in [4.78, 5) is 14.5. The standard InChI is InChI=1S/C16H31N3O2/c1-4-16(21,5-2)11-17-15(20)18-12-9-13-7-6-8-14(10-12)19(13)3/h12-14,21H,4-11H2,1-3H3,(H2,17,18,20). The summed E-state index contributed by atoms with van der Waals surface area (Å²) in [7, 11) is 2.22. The van der Waals surface area contributed by atoms with Crippen molar-refractivity contribution < 1.29 is 9.90 Å². The zero-order chi connectivity index (χ0) is 15.5. The third kappa shape index (κ3) is 4.10. The van der Waals surface area contributed by atoms with Crippen LogP contribution in [0.1, 0.15) is 58.8 Å². The fourth-order valence-corrected chi connectivity index (χ4v) is 3.71. The Morgan fingerprint density at radius 1 is 1.24 bits per heavy atom. The molecule has 2 aliphatic heterocycles. The summed E-state index contributed by atoms with van der Waals surface area (Å²) in [6.07, 6.45) is 7.22. The zero-order valence-electron chi connectivity index (χ0n) is 13.7. The summed E-state index contributed by atoms with van der Waals surface area (Å²) in [5.74, 6) is 0. The number of amides is 2. The maximum absolute atomic E-state index is 12.0. The zero-order valence-corrected chi connectivity index (χ0v) is 13.7. The van der Waals surface area contributed by atoms with Crippen LogP contribution in [-0.2, 0) is 0 Å². The molecular formula is C16H31N3O2. The van der Waals surface area contributed by atoms with Crippen molar-refractivity contribution in [2.75, 3.05) is 13.6 Å². The van der Waals surface area contributed by atoms with Gasteiger partial charge in [-0.05, 0) is 45.6 Å². The predicted molar refractivity (Wildman–Crippen MR) is 84.3 cm³/mol. The molecule has 2 saturated heterocycles. The lowest BCUT2D eigenvalue weighted by Crippen LogP contribution is -2.57. The summed E-state index contributed by atoms with van der Waals surface area (Å²) in [6.45, 7) is 4.22. The van der Waals surface area contributed by atoms with Gasteiger partial charge < -0.3 is 20.6 Å². The first-order valence-corrected chi connectivity index (χ1v) is 8.46. The molecule has 0 radical (unpaired) electrons. The Balaban J connectivity index is 1.78. The van der Waals surface area contributed by atoms with Gasteiger partial charge in [0.15, 0.2) is 0 Å². The Kier molecular flexibility index (Phi) is 5.49. The molecule has 2 amide bonds. The minimum Gasteiger partial charge on any atom is -0.388 e. The number of nitrogens with zero attached hydrogens (tertiary/aromatic N) is 1. The topological polar surface area (TPSA) is 64.6 Å². The van der Waals surface area contributed by atoms with Crippen LogP contribution in [0.5, 0.6) is 0 Å². The van der Waals surface area contributed by atoms with Crippen LogP contribution in [0, 0.1) is 0 Å². The third-order valence-electron chi connectivity index (χ3n) is 5.57. The molecule has 2 unspecified atom stereocenters. The fourth-order valence-electron chi connectivity index (χ4n) is 3.71. The van der Waals surface area contributed by atoms with Gasteiger partial charge in [-0.25, -0.2) is 4.79 Å². The molecule has 2 bridgehead atoms. The maximum atomic E-state index is 12.0. The molecule has 2 aliphatic rings. The average molecular weight is 297 g/mol. The molecule has 0 aromatic carbocycles. The molecule has 0 aromatic rings. The van der Waals surface area contributed by atoms with E-state index in [2.05, 4.69) is 22.6 Å². The second-order valence-corrected chi connectivity index (χ2v) is 6.83. The van der Waals surface area contributed by atoms with E-state index in [0.717, 1.165) is 12.8 Å². The van der Waals surface area contributed by atoms with E-state index in [1.165, 1.54) is 19.3 Å². The highest BCUT2D eigenvalue weighted by molar-refractivity contribution is 5.74. The van der Waals surface area contributed by atoms with Crippen molar-refractivity contribution in [2.45, 2.75) is 82.5 Å². The van der Waals surface area contributed by atoms with Gasteiger partial charge in [-0.1, -0.05) is 20.3 Å². The van der Waals surface area contributed by atoms with Gasteiger partial charge in [0, 0.05) is 24.7 Å². The van der Waals surface area contributed by atoms with Crippen molar-refractivity contribution in [3.8, 4) is 0 Å². The minimum absolute atomic E-state index is 0.136. The lowest BCUT2D eigenvalue weighted by atomic mass is 9.82. The number of rotatable bonds is 5. The monoisotopic (exact) mass is 297 g/mol. The largest absolute Gasteiger partial charge is 0.388 e. The molecule has 2 atom stereocenters. The van der Waals surface area contributed by atoms with E-state index in [1.807, 2.05) is 13.8 Å². The summed E-state index contributed by atoms with van der Waals surface area (Å²) in [5.41, 5.74) is -0.777. The Bertz CT molecular complexity index is 343. The lowest BCUT2D eigenvalue weighted by molar-refractivity contribution is 0.0335. The number of fused-ring (bicyclic) bond motifs is 2. The molecule has 0 spiro atoms. The molecule has 5 nitrogen and oxygen atoms in total. The van der Waals surface area contributed by atoms with E-state index >= 15 is 0 Å². The van der Waals surface area contributed by atoms with Gasteiger partial charge >= 0.3 is 6.03 Å². The Morgan fingerprint density at radius 3 is 2.33 bits per heavy atom. The molecule has 5 heteroatoms. The van der Waals surface area contributed by atoms with E-state index in [0.29, 0.717) is 31.5 Å². The van der Waals surface area contributed by atoms with Crippen LogP contribution < -0.4 is 10.6 Å². The highest BCUT2D eigenvalue weighted by Crippen LogP contribution is 2.32. The second-order valence-electron chi connectivity index (χ2n) is 6.83. The molecule has 2 rings (SSSR count). The molecule has 122 valence electrons. The van der Waals surface area contributed by atoms with E-state index in [1.54, 1.807) is 0 Å². The van der Waals surface area contributed by atoms with Crippen molar-refractivity contribution in [1.29, 1.82) is 0 Å². The summed E-state index contributed by atoms with van der Waals surface area (Å²) in [6, 6.07) is 1.37. The highest BCUT2D eigenvalue weighted by atomic mass is 16.3. The maximum Gasteiger partial charge on any atom is 0.315 e. The van der Waals surface area contributed by atoms with Crippen LogP contribution in [0.4, 0.5) is 4.79 Å². The van der Waals surface area contributed by atoms with Crippen molar-refractivity contribution in [3.05, 3.63) is 0 Å². The van der Waals surface area contributed by atoms with Crippen molar-refractivity contribution in [3.63, 3.8) is 0 Å². The van der Waals surface area contributed by atoms with Gasteiger partial charge in [0.2, 0.25) is 0 Å². The smallest absolute Gasteiger partial charge is 0.315 e. The van der Waals surface area contributed by atoms with E-state index in [-0.39, 0.29) is 12.1 Å². The molecule has 3 N–H and O–H groups in total. The number of carbonyl (C=O) groups excluding carboxylic acids is 1. The Labute approximate surface area is 128 Å². The summed E-state index contributed by atoms with van der Waals surface area (Å²) in [5, 5.41) is 16.1. The number of nitrogens with one attached hydrogen (secondary N) is 2. The molecule has 21 heavy (non-hydrogen) atoms. The first-order chi connectivity index (χ1) is 9.97. The summed E-state index contributed by atoms with van der Waals surface area (Å²) < 4.78 is 0. The number of hydrogen-bond acceptors (Lipinski definition) is 3. The number of carbonyl (C=O) groups is 1. The van der Waals surface area contributed by atoms with Crippen LogP contribution in [0.15, 0.2) is 0 Å². The molecule has 2 heterocycles. The van der Waals surface area contributed by atoms with Gasteiger partial charge in [-0.2, -0.15) is 0 Å². The second kappa shape index (κ2) is 6.97. The van der Waals surface area contributed by atoms with Gasteiger partial charge in [0.25, 0.3) is 0 Å². The van der Waals surface area contributed by atoms with Crippen LogP contribution in [0.25, 0.3) is 0 Å². The summed E-state index contributed by atoms with van der Waals surface area (Å²) >= 11 is 0. The van der Waals surface area contributed by atoms with Crippen LogP contribution in [0.2, 0.25) is 0 Å². The minimum atomic E-state index is -0.777. The predicted octanol–water partition coefficient (Wildman–Crippen LogP) is 1.85. The molecule has 0 aromatic heterocycles. The van der Waals surface area contributed by atoms with Crippen molar-refractivity contribution in [2.24, 2.45) is 0 Å². The number of hydrogen-bond donors (Lipinski definition) is 3. The van der Waals surface area contributed by atoms with Crippen molar-refractivity contribution >= 4 is 6.03 Å². The molecular weight excluding hydrogens is 266 g/mol. The quantitative estimate of drug-likeness (QED) is 0.725. The van der Waals surface area contributed by atoms with Crippen LogP contribution in [0.3, 0.4) is 0 Å². The van der Waals surface area contributed by atoms with Gasteiger partial charge in [-0.15, -0.1) is 0 Å². The first-order valence-electron chi connectivity index (χ1n) is 8.46. The van der Waals surface area contributed by atoms with E-state index < -0.39 is 5.60 Å². The number of piperidine rings is 2. The van der Waals surface area contributed by atoms with E-state index in [4.69, 9.17) is 0 Å². The van der Waals surface area contributed by atoms with Gasteiger partial charge in [-0.3, -0.25) is 0 Å². The average Bonchev–Trinajstić information content (AvgIpc) is 2.46. The Morgan fingerprint density at radius 2 is 1.81 bits per heavy atom. The Hall–Kier alpha value is -0.810. The lowest BCUT2D eigenvalue weighted by Gasteiger charge is -2.47. The molecule has 2 fully saturated rings. The van der Waals surface area contributed by atoms with Gasteiger partial charge in [0.1, 0.15) is 0 Å². The third-order valence-corrected chi connectivity index (χ3v) is 5.57. The molecule has 0 saturated carbocycles. The molecule has 0 aliphatic carbocycles. The van der Waals surface area contributed by atoms with Crippen LogP contribution >= 0.6 is 0 Å². The van der Waals surface area contributed by atoms with Crippen molar-refractivity contribution in [1.82, 2.24) is 15.5 Å². The number of urea groups is 1. The SMILES string of the molecule is CCC(O)(CC)CNC(=O)NC1CC2CCCC(C1)N2C. The fraction of sp³-hybridized carbons (Fsp3) is 0.938. The normalized spacial score (nSPS) is 30.0. The number of aliphatic hydroxyl groups is 1. The van der Waals surface area contributed by atoms with E-state index in [9.17, 15) is 9.90 Å².